The third kappa shape index (κ3) is 6.12. The molecule has 0 spiro atoms. The van der Waals surface area contributed by atoms with E-state index >= 15 is 0 Å². The minimum atomic E-state index is -0.299. The van der Waals surface area contributed by atoms with Gasteiger partial charge in [0.2, 0.25) is 0 Å². The lowest BCUT2D eigenvalue weighted by Gasteiger charge is -2.30. The van der Waals surface area contributed by atoms with Gasteiger partial charge in [0.1, 0.15) is 0 Å². The Kier molecular flexibility index (Phi) is 9.09. The number of rotatable bonds is 11. The number of hydrogen-bond acceptors (Lipinski definition) is 6. The maximum atomic E-state index is 12.2. The normalized spacial score (nSPS) is 14.8. The third-order valence-corrected chi connectivity index (χ3v) is 7.03. The SMILES string of the molecule is COCCN(c1ccc(COC)cc1)c1ccc2c(c1)CCC[C@H]2CCc1cnccc1C(=O)OC. The fraction of sp³-hybridized carbons (Fsp3) is 0.400. The molecule has 0 aliphatic heterocycles. The molecule has 0 saturated carbocycles. The number of carbonyl (C=O) groups is 1. The molecule has 0 radical (unpaired) electrons. The predicted molar refractivity (Wildman–Crippen MR) is 142 cm³/mol. The summed E-state index contributed by atoms with van der Waals surface area (Å²) in [5, 5.41) is 0. The average molecular weight is 489 g/mol. The van der Waals surface area contributed by atoms with E-state index in [0.29, 0.717) is 24.7 Å². The standard InChI is InChI=1S/C30H36N2O4/c1-34-18-17-32(26-11-7-22(8-12-26)21-35-2)27-13-14-28-23(5-4-6-24(28)19-27)9-10-25-20-31-16-15-29(25)30(33)36-3/h7-8,11-16,19-20,23H,4-6,9-10,17-18,21H2,1-3H3/t23-/m0/s1. The lowest BCUT2D eigenvalue weighted by Crippen LogP contribution is -2.22. The summed E-state index contributed by atoms with van der Waals surface area (Å²) >= 11 is 0. The van der Waals surface area contributed by atoms with Gasteiger partial charge in [0.05, 0.1) is 25.9 Å². The number of benzene rings is 2. The molecule has 6 nitrogen and oxygen atoms in total. The Labute approximate surface area is 214 Å². The first-order valence-corrected chi connectivity index (χ1v) is 12.6. The molecule has 3 aromatic rings. The first-order chi connectivity index (χ1) is 17.6. The molecule has 1 heterocycles. The van der Waals surface area contributed by atoms with E-state index < -0.39 is 0 Å². The van der Waals surface area contributed by atoms with Gasteiger partial charge >= 0.3 is 5.97 Å². The number of hydrogen-bond donors (Lipinski definition) is 0. The van der Waals surface area contributed by atoms with Crippen LogP contribution in [-0.4, -0.2) is 45.4 Å². The smallest absolute Gasteiger partial charge is 0.338 e. The van der Waals surface area contributed by atoms with Gasteiger partial charge in [-0.15, -0.1) is 0 Å². The van der Waals surface area contributed by atoms with E-state index in [-0.39, 0.29) is 5.97 Å². The molecule has 0 N–H and O–H groups in total. The van der Waals surface area contributed by atoms with Crippen LogP contribution in [0.25, 0.3) is 0 Å². The van der Waals surface area contributed by atoms with Crippen LogP contribution in [0.1, 0.15) is 57.8 Å². The zero-order valence-corrected chi connectivity index (χ0v) is 21.5. The van der Waals surface area contributed by atoms with Crippen LogP contribution < -0.4 is 4.90 Å². The van der Waals surface area contributed by atoms with Gasteiger partial charge in [-0.25, -0.2) is 4.79 Å². The average Bonchev–Trinajstić information content (AvgIpc) is 2.92. The zero-order valence-electron chi connectivity index (χ0n) is 21.5. The second-order valence-electron chi connectivity index (χ2n) is 9.28. The van der Waals surface area contributed by atoms with Crippen molar-refractivity contribution < 1.29 is 19.0 Å². The molecular formula is C30H36N2O4. The first-order valence-electron chi connectivity index (χ1n) is 12.6. The van der Waals surface area contributed by atoms with E-state index in [1.165, 1.54) is 30.3 Å². The predicted octanol–water partition coefficient (Wildman–Crippen LogP) is 5.85. The lowest BCUT2D eigenvalue weighted by atomic mass is 9.79. The summed E-state index contributed by atoms with van der Waals surface area (Å²) in [6.45, 7) is 2.03. The van der Waals surface area contributed by atoms with Gasteiger partial charge in [0.25, 0.3) is 0 Å². The number of ether oxygens (including phenoxy) is 3. The van der Waals surface area contributed by atoms with Crippen LogP contribution in [-0.2, 0) is 33.7 Å². The Morgan fingerprint density at radius 3 is 2.58 bits per heavy atom. The summed E-state index contributed by atoms with van der Waals surface area (Å²) in [4.78, 5) is 18.7. The second kappa shape index (κ2) is 12.7. The molecule has 0 bridgehead atoms. The van der Waals surface area contributed by atoms with Crippen molar-refractivity contribution in [2.45, 2.75) is 44.6 Å². The molecule has 0 fully saturated rings. The molecule has 0 amide bonds. The molecule has 0 saturated heterocycles. The maximum absolute atomic E-state index is 12.2. The van der Waals surface area contributed by atoms with E-state index in [9.17, 15) is 4.79 Å². The minimum Gasteiger partial charge on any atom is -0.465 e. The van der Waals surface area contributed by atoms with Crippen LogP contribution in [0.15, 0.2) is 60.9 Å². The number of methoxy groups -OCH3 is 3. The molecule has 1 aromatic heterocycles. The van der Waals surface area contributed by atoms with E-state index in [1.54, 1.807) is 32.7 Å². The fourth-order valence-corrected chi connectivity index (χ4v) is 5.16. The summed E-state index contributed by atoms with van der Waals surface area (Å²) in [6, 6.07) is 17.2. The Balaban J connectivity index is 1.54. The van der Waals surface area contributed by atoms with Gasteiger partial charge < -0.3 is 19.1 Å². The number of pyridine rings is 1. The number of carbonyl (C=O) groups excluding carboxylic acids is 1. The summed E-state index contributed by atoms with van der Waals surface area (Å²) in [5.41, 5.74) is 7.90. The highest BCUT2D eigenvalue weighted by molar-refractivity contribution is 5.90. The van der Waals surface area contributed by atoms with Crippen molar-refractivity contribution in [1.82, 2.24) is 4.98 Å². The Hall–Kier alpha value is -3.22. The van der Waals surface area contributed by atoms with Crippen LogP contribution in [0.2, 0.25) is 0 Å². The molecule has 2 aromatic carbocycles. The van der Waals surface area contributed by atoms with Crippen molar-refractivity contribution >= 4 is 17.3 Å². The van der Waals surface area contributed by atoms with Crippen molar-refractivity contribution in [3.63, 3.8) is 0 Å². The first kappa shape index (κ1) is 25.9. The molecule has 1 aliphatic carbocycles. The topological polar surface area (TPSA) is 60.9 Å². The van der Waals surface area contributed by atoms with E-state index in [0.717, 1.165) is 49.0 Å². The summed E-state index contributed by atoms with van der Waals surface area (Å²) < 4.78 is 15.6. The highest BCUT2D eigenvalue weighted by Gasteiger charge is 2.23. The minimum absolute atomic E-state index is 0.299. The zero-order chi connectivity index (χ0) is 25.3. The molecular weight excluding hydrogens is 452 g/mol. The Bertz CT molecular complexity index is 1150. The van der Waals surface area contributed by atoms with Gasteiger partial charge in [-0.2, -0.15) is 0 Å². The quantitative estimate of drug-likeness (QED) is 0.316. The van der Waals surface area contributed by atoms with Crippen molar-refractivity contribution in [3.05, 3.63) is 88.7 Å². The van der Waals surface area contributed by atoms with E-state index in [4.69, 9.17) is 14.2 Å². The number of aryl methyl sites for hydroxylation is 2. The van der Waals surface area contributed by atoms with Gasteiger partial charge in [-0.05, 0) is 90.6 Å². The summed E-state index contributed by atoms with van der Waals surface area (Å²) in [6.07, 6.45) is 8.65. The van der Waals surface area contributed by atoms with Crippen molar-refractivity contribution in [3.8, 4) is 0 Å². The fourth-order valence-electron chi connectivity index (χ4n) is 5.16. The third-order valence-electron chi connectivity index (χ3n) is 7.03. The number of anilines is 2. The van der Waals surface area contributed by atoms with Gasteiger partial charge in [0.15, 0.2) is 0 Å². The van der Waals surface area contributed by atoms with Gasteiger partial charge in [-0.1, -0.05) is 18.2 Å². The summed E-state index contributed by atoms with van der Waals surface area (Å²) in [5.74, 6) is 0.168. The second-order valence-corrected chi connectivity index (χ2v) is 9.28. The van der Waals surface area contributed by atoms with Gasteiger partial charge in [0, 0.05) is 44.5 Å². The molecule has 6 heteroatoms. The van der Waals surface area contributed by atoms with E-state index in [2.05, 4.69) is 52.3 Å². The monoisotopic (exact) mass is 488 g/mol. The molecule has 4 rings (SSSR count). The molecule has 36 heavy (non-hydrogen) atoms. The highest BCUT2D eigenvalue weighted by Crippen LogP contribution is 2.38. The lowest BCUT2D eigenvalue weighted by molar-refractivity contribution is 0.0599. The largest absolute Gasteiger partial charge is 0.465 e. The Morgan fingerprint density at radius 1 is 1.03 bits per heavy atom. The van der Waals surface area contributed by atoms with Crippen molar-refractivity contribution in [2.75, 3.05) is 39.4 Å². The van der Waals surface area contributed by atoms with E-state index in [1.807, 2.05) is 0 Å². The Morgan fingerprint density at radius 2 is 1.83 bits per heavy atom. The van der Waals surface area contributed by atoms with Crippen LogP contribution >= 0.6 is 0 Å². The van der Waals surface area contributed by atoms with Crippen LogP contribution in [0, 0.1) is 0 Å². The number of fused-ring (bicyclic) bond motifs is 1. The molecule has 190 valence electrons. The van der Waals surface area contributed by atoms with Crippen LogP contribution in [0.4, 0.5) is 11.4 Å². The number of esters is 1. The maximum Gasteiger partial charge on any atom is 0.338 e. The van der Waals surface area contributed by atoms with Crippen molar-refractivity contribution in [2.24, 2.45) is 0 Å². The molecule has 1 atom stereocenters. The molecule has 1 aliphatic rings. The van der Waals surface area contributed by atoms with Crippen LogP contribution in [0.5, 0.6) is 0 Å². The molecule has 0 unspecified atom stereocenters. The number of aromatic nitrogens is 1. The van der Waals surface area contributed by atoms with Crippen LogP contribution in [0.3, 0.4) is 0 Å². The van der Waals surface area contributed by atoms with Gasteiger partial charge in [-0.3, -0.25) is 4.98 Å². The van der Waals surface area contributed by atoms with Crippen molar-refractivity contribution in [1.29, 1.82) is 0 Å². The number of nitrogens with zero attached hydrogens (tertiary/aromatic N) is 2. The highest BCUT2D eigenvalue weighted by atomic mass is 16.5. The summed E-state index contributed by atoms with van der Waals surface area (Å²) in [7, 11) is 4.88.